The summed E-state index contributed by atoms with van der Waals surface area (Å²) in [5.41, 5.74) is 6.87. The predicted octanol–water partition coefficient (Wildman–Crippen LogP) is 1.26. The topological polar surface area (TPSA) is 75.8 Å². The van der Waals surface area contributed by atoms with Crippen LogP contribution in [0.3, 0.4) is 0 Å². The third-order valence-corrected chi connectivity index (χ3v) is 3.15. The molecule has 1 aliphatic carbocycles. The molecule has 0 aliphatic heterocycles. The summed E-state index contributed by atoms with van der Waals surface area (Å²) in [5.74, 6) is 0.519. The van der Waals surface area contributed by atoms with Gasteiger partial charge in [0.05, 0.1) is 18.9 Å². The molecule has 19 heavy (non-hydrogen) atoms. The molecule has 0 unspecified atom stereocenters. The van der Waals surface area contributed by atoms with Gasteiger partial charge in [0.25, 0.3) is 5.91 Å². The normalized spacial score (nSPS) is 14.2. The van der Waals surface area contributed by atoms with Gasteiger partial charge in [-0.15, -0.1) is 0 Å². The predicted molar refractivity (Wildman–Crippen MR) is 73.2 cm³/mol. The lowest BCUT2D eigenvalue weighted by molar-refractivity contribution is 0.0707. The number of benzene rings is 1. The highest BCUT2D eigenvalue weighted by Gasteiger charge is 2.32. The molecule has 1 saturated carbocycles. The molecule has 2 rings (SSSR count). The van der Waals surface area contributed by atoms with E-state index in [9.17, 15) is 4.79 Å². The number of carbonyl (C=O) groups excluding carboxylic acids is 1. The monoisotopic (exact) mass is 264 g/mol. The van der Waals surface area contributed by atoms with Crippen LogP contribution < -0.4 is 10.5 Å². The van der Waals surface area contributed by atoms with Gasteiger partial charge in [0, 0.05) is 18.2 Å². The molecule has 0 saturated heterocycles. The molecule has 0 radical (unpaired) electrons. The number of aliphatic hydroxyl groups excluding tert-OH is 1. The van der Waals surface area contributed by atoms with Crippen molar-refractivity contribution in [2.75, 3.05) is 25.5 Å². The standard InChI is InChI=1S/C14H20N2O3/c1-2-19-13-6-3-10(9-12(13)15)14(18)16(7-8-17)11-4-5-11/h3,6,9,11,17H,2,4-5,7-8,15H2,1H3. The van der Waals surface area contributed by atoms with Gasteiger partial charge in [0.2, 0.25) is 0 Å². The maximum atomic E-state index is 12.4. The number of amides is 1. The van der Waals surface area contributed by atoms with Crippen molar-refractivity contribution >= 4 is 11.6 Å². The lowest BCUT2D eigenvalue weighted by atomic mass is 10.1. The van der Waals surface area contributed by atoms with Crippen LogP contribution in [0.5, 0.6) is 5.75 Å². The SMILES string of the molecule is CCOc1ccc(C(=O)N(CCO)C2CC2)cc1N. The Morgan fingerprint density at radius 1 is 1.53 bits per heavy atom. The van der Waals surface area contributed by atoms with Crippen LogP contribution in [0.4, 0.5) is 5.69 Å². The van der Waals surface area contributed by atoms with Crippen molar-refractivity contribution in [1.29, 1.82) is 0 Å². The first-order valence-electron chi connectivity index (χ1n) is 6.61. The van der Waals surface area contributed by atoms with Crippen molar-refractivity contribution in [3.63, 3.8) is 0 Å². The number of rotatable bonds is 6. The van der Waals surface area contributed by atoms with Crippen LogP contribution in [0.15, 0.2) is 18.2 Å². The molecule has 5 nitrogen and oxygen atoms in total. The highest BCUT2D eigenvalue weighted by Crippen LogP contribution is 2.29. The van der Waals surface area contributed by atoms with Gasteiger partial charge in [-0.05, 0) is 38.0 Å². The Labute approximate surface area is 113 Å². The molecular weight excluding hydrogens is 244 g/mol. The van der Waals surface area contributed by atoms with Crippen molar-refractivity contribution in [3.05, 3.63) is 23.8 Å². The molecule has 0 bridgehead atoms. The first-order chi connectivity index (χ1) is 9.17. The van der Waals surface area contributed by atoms with Gasteiger partial charge in [-0.25, -0.2) is 0 Å². The summed E-state index contributed by atoms with van der Waals surface area (Å²) in [6.07, 6.45) is 2.02. The second-order valence-corrected chi connectivity index (χ2v) is 4.64. The van der Waals surface area contributed by atoms with Gasteiger partial charge in [-0.1, -0.05) is 0 Å². The Bertz CT molecular complexity index is 458. The van der Waals surface area contributed by atoms with Crippen LogP contribution in [0.1, 0.15) is 30.1 Å². The van der Waals surface area contributed by atoms with Crippen LogP contribution in [0, 0.1) is 0 Å². The van der Waals surface area contributed by atoms with E-state index in [1.807, 2.05) is 6.92 Å². The van der Waals surface area contributed by atoms with Crippen LogP contribution in [-0.4, -0.2) is 41.7 Å². The van der Waals surface area contributed by atoms with Crippen LogP contribution >= 0.6 is 0 Å². The molecule has 1 aliphatic rings. The number of anilines is 1. The summed E-state index contributed by atoms with van der Waals surface area (Å²) < 4.78 is 5.35. The van der Waals surface area contributed by atoms with Gasteiger partial charge in [0.15, 0.2) is 0 Å². The van der Waals surface area contributed by atoms with Crippen molar-refractivity contribution in [3.8, 4) is 5.75 Å². The number of nitrogens with two attached hydrogens (primary N) is 1. The Morgan fingerprint density at radius 3 is 2.79 bits per heavy atom. The quantitative estimate of drug-likeness (QED) is 0.759. The van der Waals surface area contributed by atoms with E-state index in [4.69, 9.17) is 15.6 Å². The molecule has 1 aromatic carbocycles. The van der Waals surface area contributed by atoms with Crippen molar-refractivity contribution in [2.45, 2.75) is 25.8 Å². The third kappa shape index (κ3) is 3.17. The fourth-order valence-electron chi connectivity index (χ4n) is 2.08. The summed E-state index contributed by atoms with van der Waals surface area (Å²) in [6, 6.07) is 5.35. The zero-order chi connectivity index (χ0) is 13.8. The minimum Gasteiger partial charge on any atom is -0.492 e. The first kappa shape index (κ1) is 13.7. The zero-order valence-corrected chi connectivity index (χ0v) is 11.1. The molecule has 1 amide bonds. The Balaban J connectivity index is 2.15. The molecule has 0 heterocycles. The Hall–Kier alpha value is -1.75. The molecule has 1 aromatic rings. The van der Waals surface area contributed by atoms with E-state index in [-0.39, 0.29) is 18.6 Å². The molecule has 0 atom stereocenters. The van der Waals surface area contributed by atoms with E-state index in [0.29, 0.717) is 30.2 Å². The number of nitrogens with zero attached hydrogens (tertiary/aromatic N) is 1. The molecule has 3 N–H and O–H groups in total. The Morgan fingerprint density at radius 2 is 2.26 bits per heavy atom. The molecule has 5 heteroatoms. The molecule has 0 aromatic heterocycles. The summed E-state index contributed by atoms with van der Waals surface area (Å²) >= 11 is 0. The van der Waals surface area contributed by atoms with E-state index >= 15 is 0 Å². The fourth-order valence-corrected chi connectivity index (χ4v) is 2.08. The van der Waals surface area contributed by atoms with Crippen LogP contribution in [0.2, 0.25) is 0 Å². The average Bonchev–Trinajstić information content (AvgIpc) is 3.22. The van der Waals surface area contributed by atoms with Gasteiger partial charge < -0.3 is 20.5 Å². The maximum absolute atomic E-state index is 12.4. The Kier molecular flexibility index (Phi) is 4.27. The van der Waals surface area contributed by atoms with Crippen LogP contribution in [-0.2, 0) is 0 Å². The average molecular weight is 264 g/mol. The molecule has 1 fully saturated rings. The summed E-state index contributed by atoms with van der Waals surface area (Å²) in [6.45, 7) is 2.77. The lowest BCUT2D eigenvalue weighted by Crippen LogP contribution is -2.35. The molecule has 104 valence electrons. The first-order valence-corrected chi connectivity index (χ1v) is 6.61. The van der Waals surface area contributed by atoms with E-state index in [1.165, 1.54) is 0 Å². The number of aliphatic hydroxyl groups is 1. The number of carbonyl (C=O) groups is 1. The largest absolute Gasteiger partial charge is 0.492 e. The second kappa shape index (κ2) is 5.93. The van der Waals surface area contributed by atoms with Crippen molar-refractivity contribution in [2.24, 2.45) is 0 Å². The minimum absolute atomic E-state index is 0.0191. The number of nitrogen functional groups attached to an aromatic ring is 1. The minimum atomic E-state index is -0.0775. The van der Waals surface area contributed by atoms with E-state index in [2.05, 4.69) is 0 Å². The van der Waals surface area contributed by atoms with E-state index in [1.54, 1.807) is 23.1 Å². The lowest BCUT2D eigenvalue weighted by Gasteiger charge is -2.21. The van der Waals surface area contributed by atoms with Gasteiger partial charge in [-0.3, -0.25) is 4.79 Å². The van der Waals surface area contributed by atoms with E-state index in [0.717, 1.165) is 12.8 Å². The third-order valence-electron chi connectivity index (χ3n) is 3.15. The maximum Gasteiger partial charge on any atom is 0.254 e. The molecular formula is C14H20N2O3. The summed E-state index contributed by atoms with van der Waals surface area (Å²) in [5, 5.41) is 9.04. The second-order valence-electron chi connectivity index (χ2n) is 4.64. The zero-order valence-electron chi connectivity index (χ0n) is 11.1. The van der Waals surface area contributed by atoms with Gasteiger partial charge in [-0.2, -0.15) is 0 Å². The highest BCUT2D eigenvalue weighted by atomic mass is 16.5. The number of ether oxygens (including phenoxy) is 1. The summed E-state index contributed by atoms with van der Waals surface area (Å²) in [4.78, 5) is 14.1. The van der Waals surface area contributed by atoms with Gasteiger partial charge in [0.1, 0.15) is 5.75 Å². The number of hydrogen-bond donors (Lipinski definition) is 2. The van der Waals surface area contributed by atoms with E-state index < -0.39 is 0 Å². The number of hydrogen-bond acceptors (Lipinski definition) is 4. The molecule has 0 spiro atoms. The smallest absolute Gasteiger partial charge is 0.254 e. The van der Waals surface area contributed by atoms with Crippen LogP contribution in [0.25, 0.3) is 0 Å². The highest BCUT2D eigenvalue weighted by molar-refractivity contribution is 5.95. The van der Waals surface area contributed by atoms with Crippen molar-refractivity contribution < 1.29 is 14.6 Å². The fraction of sp³-hybridized carbons (Fsp3) is 0.500. The van der Waals surface area contributed by atoms with Gasteiger partial charge >= 0.3 is 0 Å². The van der Waals surface area contributed by atoms with Crippen molar-refractivity contribution in [1.82, 2.24) is 4.90 Å². The summed E-state index contributed by atoms with van der Waals surface area (Å²) in [7, 11) is 0.